The van der Waals surface area contributed by atoms with Crippen molar-refractivity contribution in [3.63, 3.8) is 0 Å². The van der Waals surface area contributed by atoms with E-state index >= 15 is 0 Å². The lowest BCUT2D eigenvalue weighted by atomic mass is 10.2. The van der Waals surface area contributed by atoms with E-state index in [-0.39, 0.29) is 6.61 Å². The van der Waals surface area contributed by atoms with E-state index in [0.29, 0.717) is 13.2 Å². The number of benzene rings is 2. The van der Waals surface area contributed by atoms with Crippen LogP contribution in [-0.2, 0) is 11.3 Å². The number of alkyl carbamates (subject to hydrolysis) is 1. The first-order chi connectivity index (χ1) is 10.2. The molecule has 1 N–H and O–H groups in total. The van der Waals surface area contributed by atoms with E-state index in [1.54, 1.807) is 0 Å². The lowest BCUT2D eigenvalue weighted by molar-refractivity contribution is 0.137. The van der Waals surface area contributed by atoms with Gasteiger partial charge in [-0.3, -0.25) is 0 Å². The fraction of sp³-hybridized carbons (Fsp3) is 0.188. The van der Waals surface area contributed by atoms with Crippen LogP contribution in [0.15, 0.2) is 54.6 Å². The van der Waals surface area contributed by atoms with Crippen molar-refractivity contribution in [1.82, 2.24) is 5.32 Å². The molecule has 0 bridgehead atoms. The van der Waals surface area contributed by atoms with Crippen molar-refractivity contribution in [1.29, 1.82) is 0 Å². The molecular weight excluding hydrogens is 381 g/mol. The van der Waals surface area contributed by atoms with Gasteiger partial charge in [-0.2, -0.15) is 0 Å². The summed E-state index contributed by atoms with van der Waals surface area (Å²) in [5, 5.41) is 2.65. The number of nitrogens with one attached hydrogen (secondary N) is 1. The maximum atomic E-state index is 11.5. The molecule has 0 aliphatic carbocycles. The van der Waals surface area contributed by atoms with Gasteiger partial charge in [-0.15, -0.1) is 0 Å². The molecule has 110 valence electrons. The zero-order valence-electron chi connectivity index (χ0n) is 11.4. The van der Waals surface area contributed by atoms with Crippen molar-refractivity contribution < 1.29 is 14.3 Å². The van der Waals surface area contributed by atoms with E-state index < -0.39 is 6.09 Å². The summed E-state index contributed by atoms with van der Waals surface area (Å²) in [6, 6.07) is 17.3. The van der Waals surface area contributed by atoms with Crippen LogP contribution in [0, 0.1) is 3.57 Å². The summed E-state index contributed by atoms with van der Waals surface area (Å²) in [6.07, 6.45) is -0.440. The summed E-state index contributed by atoms with van der Waals surface area (Å²) in [5.41, 5.74) is 0.961. The molecule has 2 rings (SSSR count). The quantitative estimate of drug-likeness (QED) is 0.599. The van der Waals surface area contributed by atoms with Crippen molar-refractivity contribution in [2.45, 2.75) is 6.61 Å². The molecule has 21 heavy (non-hydrogen) atoms. The molecule has 0 aliphatic heterocycles. The fourth-order valence-corrected chi connectivity index (χ4v) is 1.99. The third-order valence-corrected chi connectivity index (χ3v) is 3.39. The summed E-state index contributed by atoms with van der Waals surface area (Å²) in [6.45, 7) is 1.07. The van der Waals surface area contributed by atoms with Crippen molar-refractivity contribution in [3.8, 4) is 5.75 Å². The average molecular weight is 397 g/mol. The van der Waals surface area contributed by atoms with Crippen molar-refractivity contribution >= 4 is 28.7 Å². The monoisotopic (exact) mass is 397 g/mol. The molecule has 5 heteroatoms. The Balaban J connectivity index is 1.60. The van der Waals surface area contributed by atoms with Crippen molar-refractivity contribution in [3.05, 3.63) is 63.7 Å². The molecule has 0 unspecified atom stereocenters. The molecule has 0 spiro atoms. The molecule has 0 radical (unpaired) electrons. The first kappa shape index (κ1) is 15.6. The second-order valence-electron chi connectivity index (χ2n) is 4.29. The largest absolute Gasteiger partial charge is 0.492 e. The van der Waals surface area contributed by atoms with Gasteiger partial charge in [0, 0.05) is 3.57 Å². The van der Waals surface area contributed by atoms with Gasteiger partial charge >= 0.3 is 6.09 Å². The first-order valence-electron chi connectivity index (χ1n) is 6.57. The van der Waals surface area contributed by atoms with E-state index in [1.807, 2.05) is 54.6 Å². The maximum absolute atomic E-state index is 11.5. The van der Waals surface area contributed by atoms with Crippen LogP contribution in [0.4, 0.5) is 4.79 Å². The van der Waals surface area contributed by atoms with E-state index in [1.165, 1.54) is 0 Å². The van der Waals surface area contributed by atoms with Crippen LogP contribution in [0.3, 0.4) is 0 Å². The van der Waals surface area contributed by atoms with Crippen molar-refractivity contribution in [2.75, 3.05) is 13.2 Å². The van der Waals surface area contributed by atoms with E-state index in [2.05, 4.69) is 27.9 Å². The summed E-state index contributed by atoms with van der Waals surface area (Å²) in [5.74, 6) is 0.787. The minimum absolute atomic E-state index is 0.269. The Labute approximate surface area is 137 Å². The van der Waals surface area contributed by atoms with E-state index in [0.717, 1.165) is 14.9 Å². The topological polar surface area (TPSA) is 47.6 Å². The third kappa shape index (κ3) is 6.03. The minimum atomic E-state index is -0.440. The molecule has 2 aromatic rings. The van der Waals surface area contributed by atoms with E-state index in [9.17, 15) is 4.79 Å². The molecule has 0 atom stereocenters. The molecule has 2 aromatic carbocycles. The summed E-state index contributed by atoms with van der Waals surface area (Å²) < 4.78 is 11.7. The molecular formula is C16H16INO3. The molecule has 1 amide bonds. The first-order valence-corrected chi connectivity index (χ1v) is 7.65. The molecule has 0 saturated carbocycles. The normalized spacial score (nSPS) is 9.95. The Morgan fingerprint density at radius 3 is 2.48 bits per heavy atom. The fourth-order valence-electron chi connectivity index (χ4n) is 1.63. The number of carbonyl (C=O) groups is 1. The second-order valence-corrected chi connectivity index (χ2v) is 5.54. The number of halogens is 1. The summed E-state index contributed by atoms with van der Waals surface area (Å²) in [7, 11) is 0. The van der Waals surface area contributed by atoms with Crippen LogP contribution in [-0.4, -0.2) is 19.2 Å². The number of ether oxygens (including phenoxy) is 2. The van der Waals surface area contributed by atoms with Crippen LogP contribution in [0.1, 0.15) is 5.56 Å². The van der Waals surface area contributed by atoms with Gasteiger partial charge in [0.15, 0.2) is 0 Å². The van der Waals surface area contributed by atoms with Crippen LogP contribution in [0.2, 0.25) is 0 Å². The number of hydrogen-bond acceptors (Lipinski definition) is 3. The lowest BCUT2D eigenvalue weighted by Gasteiger charge is -2.08. The maximum Gasteiger partial charge on any atom is 0.407 e. The highest BCUT2D eigenvalue weighted by Crippen LogP contribution is 2.12. The highest BCUT2D eigenvalue weighted by molar-refractivity contribution is 14.1. The zero-order valence-corrected chi connectivity index (χ0v) is 13.6. The Hall–Kier alpha value is -1.76. The van der Waals surface area contributed by atoms with Crippen LogP contribution in [0.25, 0.3) is 0 Å². The Bertz CT molecular complexity index is 557. The zero-order chi connectivity index (χ0) is 14.9. The van der Waals surface area contributed by atoms with Crippen LogP contribution >= 0.6 is 22.6 Å². The molecule has 0 fully saturated rings. The molecule has 0 heterocycles. The summed E-state index contributed by atoms with van der Waals surface area (Å²) in [4.78, 5) is 11.5. The number of hydrogen-bond donors (Lipinski definition) is 1. The van der Waals surface area contributed by atoms with Gasteiger partial charge in [-0.25, -0.2) is 4.79 Å². The Morgan fingerprint density at radius 2 is 1.76 bits per heavy atom. The number of rotatable bonds is 6. The van der Waals surface area contributed by atoms with Crippen LogP contribution in [0.5, 0.6) is 5.75 Å². The van der Waals surface area contributed by atoms with Gasteiger partial charge in [0.05, 0.1) is 6.54 Å². The lowest BCUT2D eigenvalue weighted by Crippen LogP contribution is -2.28. The average Bonchev–Trinajstić information content (AvgIpc) is 2.52. The second kappa shape index (κ2) is 8.51. The standard InChI is InChI=1S/C16H16INO3/c17-14-6-8-15(9-7-14)20-11-10-18-16(19)21-12-13-4-2-1-3-5-13/h1-9H,10-12H2,(H,18,19). The highest BCUT2D eigenvalue weighted by atomic mass is 127. The van der Waals surface area contributed by atoms with Gasteiger partial charge in [-0.1, -0.05) is 30.3 Å². The summed E-state index contributed by atoms with van der Waals surface area (Å²) >= 11 is 2.23. The van der Waals surface area contributed by atoms with Gasteiger partial charge < -0.3 is 14.8 Å². The van der Waals surface area contributed by atoms with Crippen molar-refractivity contribution in [2.24, 2.45) is 0 Å². The molecule has 0 aromatic heterocycles. The molecule has 0 aliphatic rings. The smallest absolute Gasteiger partial charge is 0.407 e. The van der Waals surface area contributed by atoms with E-state index in [4.69, 9.17) is 9.47 Å². The molecule has 4 nitrogen and oxygen atoms in total. The van der Waals surface area contributed by atoms with Gasteiger partial charge in [-0.05, 0) is 52.4 Å². The predicted molar refractivity (Wildman–Crippen MR) is 89.3 cm³/mol. The minimum Gasteiger partial charge on any atom is -0.492 e. The number of amides is 1. The predicted octanol–water partition coefficient (Wildman–Crippen LogP) is 3.60. The van der Waals surface area contributed by atoms with Crippen LogP contribution < -0.4 is 10.1 Å². The Kier molecular flexibility index (Phi) is 6.33. The highest BCUT2D eigenvalue weighted by Gasteiger charge is 2.02. The third-order valence-electron chi connectivity index (χ3n) is 2.67. The SMILES string of the molecule is O=C(NCCOc1ccc(I)cc1)OCc1ccccc1. The van der Waals surface area contributed by atoms with Gasteiger partial charge in [0.1, 0.15) is 19.0 Å². The number of carbonyl (C=O) groups excluding carboxylic acids is 1. The van der Waals surface area contributed by atoms with Gasteiger partial charge in [0.2, 0.25) is 0 Å². The Morgan fingerprint density at radius 1 is 1.05 bits per heavy atom. The van der Waals surface area contributed by atoms with Gasteiger partial charge in [0.25, 0.3) is 0 Å². The molecule has 0 saturated heterocycles.